The Labute approximate surface area is 129 Å². The van der Waals surface area contributed by atoms with Gasteiger partial charge in [-0.3, -0.25) is 0 Å². The Balaban J connectivity index is 2.63. The molecule has 0 fully saturated rings. The van der Waals surface area contributed by atoms with Crippen LogP contribution in [0.1, 0.15) is 20.3 Å². The summed E-state index contributed by atoms with van der Waals surface area (Å²) < 4.78 is 0. The standard InChI is InChI=1S/C19H23NSi/c1-4-16(2)19(15-20)21(3,17-11-7-5-8-12-17)18-13-9-6-10-14-18/h5-14,16,19H,4H2,1-3H3. The van der Waals surface area contributed by atoms with Gasteiger partial charge < -0.3 is 0 Å². The van der Waals surface area contributed by atoms with E-state index in [2.05, 4.69) is 75.0 Å². The Kier molecular flexibility index (Phi) is 4.98. The summed E-state index contributed by atoms with van der Waals surface area (Å²) >= 11 is 0. The highest BCUT2D eigenvalue weighted by atomic mass is 28.3. The average Bonchev–Trinajstić information content (AvgIpc) is 2.56. The van der Waals surface area contributed by atoms with E-state index in [4.69, 9.17) is 0 Å². The molecule has 2 rings (SSSR count). The second-order valence-electron chi connectivity index (χ2n) is 5.93. The minimum atomic E-state index is -2.08. The van der Waals surface area contributed by atoms with Crippen molar-refractivity contribution in [2.24, 2.45) is 5.92 Å². The molecule has 0 heterocycles. The van der Waals surface area contributed by atoms with Gasteiger partial charge in [0, 0.05) is 0 Å². The van der Waals surface area contributed by atoms with E-state index < -0.39 is 8.07 Å². The monoisotopic (exact) mass is 293 g/mol. The van der Waals surface area contributed by atoms with Gasteiger partial charge in [0.2, 0.25) is 0 Å². The molecule has 0 amide bonds. The SMILES string of the molecule is CCC(C)C(C#N)[Si](C)(c1ccccc1)c1ccccc1. The van der Waals surface area contributed by atoms with Crippen molar-refractivity contribution < 1.29 is 0 Å². The molecular weight excluding hydrogens is 270 g/mol. The third kappa shape index (κ3) is 2.94. The van der Waals surface area contributed by atoms with Crippen LogP contribution in [0.4, 0.5) is 0 Å². The summed E-state index contributed by atoms with van der Waals surface area (Å²) in [6, 6.07) is 23.9. The van der Waals surface area contributed by atoms with Crippen molar-refractivity contribution in [1.82, 2.24) is 0 Å². The minimum absolute atomic E-state index is 0.0901. The molecule has 0 aliphatic carbocycles. The minimum Gasteiger partial charge on any atom is -0.198 e. The summed E-state index contributed by atoms with van der Waals surface area (Å²) in [5.74, 6) is 0.409. The molecule has 108 valence electrons. The van der Waals surface area contributed by atoms with Crippen LogP contribution < -0.4 is 10.4 Å². The van der Waals surface area contributed by atoms with Crippen LogP contribution in [0.5, 0.6) is 0 Å². The van der Waals surface area contributed by atoms with E-state index in [-0.39, 0.29) is 5.54 Å². The second-order valence-corrected chi connectivity index (χ2v) is 10.1. The summed E-state index contributed by atoms with van der Waals surface area (Å²) in [6.45, 7) is 6.74. The largest absolute Gasteiger partial charge is 0.198 e. The zero-order chi connectivity index (χ0) is 15.3. The Bertz CT molecular complexity index is 561. The van der Waals surface area contributed by atoms with Crippen molar-refractivity contribution in [3.8, 4) is 6.07 Å². The van der Waals surface area contributed by atoms with Crippen molar-refractivity contribution in [3.05, 3.63) is 60.7 Å². The van der Waals surface area contributed by atoms with E-state index in [1.807, 2.05) is 12.1 Å². The van der Waals surface area contributed by atoms with E-state index in [1.165, 1.54) is 10.4 Å². The second kappa shape index (κ2) is 6.73. The number of nitrogens with zero attached hydrogens (tertiary/aromatic N) is 1. The first-order valence-electron chi connectivity index (χ1n) is 7.65. The Morgan fingerprint density at radius 2 is 1.38 bits per heavy atom. The van der Waals surface area contributed by atoms with E-state index in [9.17, 15) is 5.26 Å². The Hall–Kier alpha value is -1.85. The molecule has 0 bridgehead atoms. The Morgan fingerprint density at radius 1 is 0.952 bits per heavy atom. The number of benzene rings is 2. The summed E-state index contributed by atoms with van der Waals surface area (Å²) in [5.41, 5.74) is 0.0901. The van der Waals surface area contributed by atoms with Crippen molar-refractivity contribution in [3.63, 3.8) is 0 Å². The first kappa shape index (κ1) is 15.5. The molecule has 2 aromatic rings. The van der Waals surface area contributed by atoms with Gasteiger partial charge in [-0.2, -0.15) is 5.26 Å². The lowest BCUT2D eigenvalue weighted by molar-refractivity contribution is 0.568. The van der Waals surface area contributed by atoms with Crippen LogP contribution in [-0.2, 0) is 0 Å². The maximum absolute atomic E-state index is 9.87. The van der Waals surface area contributed by atoms with Gasteiger partial charge in [0.25, 0.3) is 0 Å². The first-order valence-corrected chi connectivity index (χ1v) is 10.2. The van der Waals surface area contributed by atoms with E-state index in [1.54, 1.807) is 0 Å². The normalized spacial score (nSPS) is 14.2. The van der Waals surface area contributed by atoms with Crippen molar-refractivity contribution in [2.45, 2.75) is 32.4 Å². The van der Waals surface area contributed by atoms with Crippen LogP contribution in [0.15, 0.2) is 60.7 Å². The lowest BCUT2D eigenvalue weighted by atomic mass is 10.1. The van der Waals surface area contributed by atoms with Gasteiger partial charge >= 0.3 is 0 Å². The van der Waals surface area contributed by atoms with Gasteiger partial charge in [-0.05, 0) is 5.92 Å². The number of rotatable bonds is 5. The van der Waals surface area contributed by atoms with Crippen LogP contribution in [0.25, 0.3) is 0 Å². The number of nitriles is 1. The van der Waals surface area contributed by atoms with E-state index in [0.717, 1.165) is 6.42 Å². The Morgan fingerprint density at radius 3 is 1.71 bits per heavy atom. The molecule has 0 aromatic heterocycles. The molecule has 2 heteroatoms. The van der Waals surface area contributed by atoms with Crippen molar-refractivity contribution >= 4 is 18.4 Å². The fourth-order valence-corrected chi connectivity index (χ4v) is 7.61. The lowest BCUT2D eigenvalue weighted by Gasteiger charge is -2.36. The molecule has 0 spiro atoms. The number of hydrogen-bond acceptors (Lipinski definition) is 1. The topological polar surface area (TPSA) is 23.8 Å². The highest BCUT2D eigenvalue weighted by molar-refractivity contribution is 7.02. The molecule has 1 nitrogen and oxygen atoms in total. The molecule has 0 N–H and O–H groups in total. The van der Waals surface area contributed by atoms with Crippen molar-refractivity contribution in [2.75, 3.05) is 0 Å². The van der Waals surface area contributed by atoms with Crippen LogP contribution in [-0.4, -0.2) is 8.07 Å². The molecule has 2 unspecified atom stereocenters. The zero-order valence-corrected chi connectivity index (χ0v) is 14.1. The van der Waals surface area contributed by atoms with Crippen LogP contribution in [0, 0.1) is 17.2 Å². The molecule has 2 atom stereocenters. The van der Waals surface area contributed by atoms with Gasteiger partial charge in [-0.1, -0.05) is 97.9 Å². The van der Waals surface area contributed by atoms with Gasteiger partial charge in [0.05, 0.1) is 11.6 Å². The fourth-order valence-electron chi connectivity index (χ4n) is 3.16. The molecule has 0 aliphatic rings. The van der Waals surface area contributed by atoms with Crippen LogP contribution in [0.3, 0.4) is 0 Å². The predicted molar refractivity (Wildman–Crippen MR) is 92.6 cm³/mol. The van der Waals surface area contributed by atoms with Gasteiger partial charge in [-0.15, -0.1) is 0 Å². The van der Waals surface area contributed by atoms with Crippen LogP contribution >= 0.6 is 0 Å². The molecule has 0 saturated carbocycles. The van der Waals surface area contributed by atoms with Crippen molar-refractivity contribution in [1.29, 1.82) is 5.26 Å². The van der Waals surface area contributed by atoms with Gasteiger partial charge in [0.15, 0.2) is 0 Å². The highest BCUT2D eigenvalue weighted by Gasteiger charge is 2.42. The first-order chi connectivity index (χ1) is 10.1. The third-order valence-corrected chi connectivity index (χ3v) is 9.73. The summed E-state index contributed by atoms with van der Waals surface area (Å²) in [5, 5.41) is 12.6. The molecule has 0 saturated heterocycles. The maximum Gasteiger partial charge on any atom is 0.132 e. The zero-order valence-electron chi connectivity index (χ0n) is 13.1. The lowest BCUT2D eigenvalue weighted by Crippen LogP contribution is -2.60. The van der Waals surface area contributed by atoms with Gasteiger partial charge in [-0.25, -0.2) is 0 Å². The third-order valence-electron chi connectivity index (χ3n) is 4.72. The quantitative estimate of drug-likeness (QED) is 0.769. The molecule has 2 aromatic carbocycles. The summed E-state index contributed by atoms with van der Waals surface area (Å²) in [7, 11) is -2.08. The predicted octanol–water partition coefficient (Wildman–Crippen LogP) is 3.82. The van der Waals surface area contributed by atoms with Gasteiger partial charge in [0.1, 0.15) is 8.07 Å². The highest BCUT2D eigenvalue weighted by Crippen LogP contribution is 2.31. The van der Waals surface area contributed by atoms with Crippen LogP contribution in [0.2, 0.25) is 12.1 Å². The maximum atomic E-state index is 9.87. The summed E-state index contributed by atoms with van der Waals surface area (Å²) in [4.78, 5) is 0. The van der Waals surface area contributed by atoms with E-state index >= 15 is 0 Å². The average molecular weight is 293 g/mol. The molecule has 21 heavy (non-hydrogen) atoms. The summed E-state index contributed by atoms with van der Waals surface area (Å²) in [6.07, 6.45) is 1.04. The molecule has 0 radical (unpaired) electrons. The smallest absolute Gasteiger partial charge is 0.132 e. The number of hydrogen-bond donors (Lipinski definition) is 0. The fraction of sp³-hybridized carbons (Fsp3) is 0.316. The van der Waals surface area contributed by atoms with E-state index in [0.29, 0.717) is 5.92 Å². The molecular formula is C19H23NSi. The molecule has 0 aliphatic heterocycles.